The number of rotatable bonds is 6. The summed E-state index contributed by atoms with van der Waals surface area (Å²) in [5.41, 5.74) is 3.18. The zero-order chi connectivity index (χ0) is 25.0. The number of aliphatic imine (C=N–C) groups is 1. The van der Waals surface area contributed by atoms with Gasteiger partial charge in [-0.2, -0.15) is 0 Å². The SMILES string of the molecule is C/N=C/CCN1c2ccc(NC(=O)C3(c4ccc5c(c4)OC(F)(F)O5)CC3)cc2CC1C(C)(C)C. The molecule has 1 atom stereocenters. The van der Waals surface area contributed by atoms with Crippen molar-refractivity contribution in [2.45, 2.75) is 64.2 Å². The number of nitrogens with zero attached hydrogens (tertiary/aromatic N) is 2. The highest BCUT2D eigenvalue weighted by Gasteiger charge is 2.53. The summed E-state index contributed by atoms with van der Waals surface area (Å²) in [6.45, 7) is 7.66. The van der Waals surface area contributed by atoms with Gasteiger partial charge in [-0.15, -0.1) is 8.78 Å². The van der Waals surface area contributed by atoms with Crippen LogP contribution in [0.4, 0.5) is 20.2 Å². The number of nitrogens with one attached hydrogen (secondary N) is 1. The minimum atomic E-state index is -3.67. The number of carbonyl (C=O) groups excluding carboxylic acids is 1. The average molecular weight is 484 g/mol. The van der Waals surface area contributed by atoms with E-state index in [0.717, 1.165) is 25.1 Å². The van der Waals surface area contributed by atoms with Crippen molar-refractivity contribution in [2.75, 3.05) is 23.8 Å². The smallest absolute Gasteiger partial charge is 0.395 e. The van der Waals surface area contributed by atoms with Crippen LogP contribution in [0.1, 0.15) is 51.2 Å². The molecule has 0 radical (unpaired) electrons. The number of benzene rings is 2. The number of carbonyl (C=O) groups is 1. The molecule has 0 saturated heterocycles. The summed E-state index contributed by atoms with van der Waals surface area (Å²) >= 11 is 0. The van der Waals surface area contributed by atoms with E-state index in [1.807, 2.05) is 12.3 Å². The fourth-order valence-electron chi connectivity index (χ4n) is 5.24. The maximum atomic E-state index is 13.4. The molecule has 2 aromatic rings. The van der Waals surface area contributed by atoms with Crippen LogP contribution in [0, 0.1) is 5.41 Å². The van der Waals surface area contributed by atoms with E-state index in [0.29, 0.717) is 24.4 Å². The third-order valence-electron chi connectivity index (χ3n) is 7.26. The van der Waals surface area contributed by atoms with Gasteiger partial charge in [0.2, 0.25) is 5.91 Å². The summed E-state index contributed by atoms with van der Waals surface area (Å²) < 4.78 is 35.9. The summed E-state index contributed by atoms with van der Waals surface area (Å²) in [5.74, 6) is -0.188. The predicted octanol–water partition coefficient (Wildman–Crippen LogP) is 5.55. The first-order valence-corrected chi connectivity index (χ1v) is 12.0. The molecule has 8 heteroatoms. The molecule has 0 aromatic heterocycles. The van der Waals surface area contributed by atoms with E-state index in [1.165, 1.54) is 23.4 Å². The van der Waals surface area contributed by atoms with Gasteiger partial charge in [-0.3, -0.25) is 4.79 Å². The molecule has 35 heavy (non-hydrogen) atoms. The number of halogens is 2. The highest BCUT2D eigenvalue weighted by molar-refractivity contribution is 6.01. The molecule has 1 aliphatic carbocycles. The first-order chi connectivity index (χ1) is 16.5. The molecule has 6 nitrogen and oxygen atoms in total. The number of alkyl halides is 2. The Morgan fingerprint density at radius 2 is 1.91 bits per heavy atom. The average Bonchev–Trinajstić information content (AvgIpc) is 3.42. The van der Waals surface area contributed by atoms with E-state index in [9.17, 15) is 13.6 Å². The lowest BCUT2D eigenvalue weighted by atomic mass is 9.84. The van der Waals surface area contributed by atoms with Crippen molar-refractivity contribution in [2.24, 2.45) is 10.4 Å². The van der Waals surface area contributed by atoms with E-state index in [1.54, 1.807) is 13.1 Å². The second kappa shape index (κ2) is 8.21. The Kier molecular flexibility index (Phi) is 5.53. The van der Waals surface area contributed by atoms with Gasteiger partial charge in [0.25, 0.3) is 0 Å². The van der Waals surface area contributed by atoms with Crippen LogP contribution in [0.3, 0.4) is 0 Å². The first-order valence-electron chi connectivity index (χ1n) is 12.0. The summed E-state index contributed by atoms with van der Waals surface area (Å²) in [7, 11) is 1.79. The lowest BCUT2D eigenvalue weighted by molar-refractivity contribution is -0.286. The van der Waals surface area contributed by atoms with Gasteiger partial charge in [0, 0.05) is 37.2 Å². The normalized spacial score (nSPS) is 21.3. The van der Waals surface area contributed by atoms with Crippen molar-refractivity contribution in [1.29, 1.82) is 0 Å². The van der Waals surface area contributed by atoms with Crippen molar-refractivity contribution >= 4 is 23.5 Å². The van der Waals surface area contributed by atoms with Gasteiger partial charge in [-0.1, -0.05) is 26.8 Å². The zero-order valence-electron chi connectivity index (χ0n) is 20.5. The van der Waals surface area contributed by atoms with Crippen LogP contribution in [0.2, 0.25) is 0 Å². The molecule has 2 aliphatic heterocycles. The van der Waals surface area contributed by atoms with Gasteiger partial charge in [-0.05, 0) is 72.6 Å². The summed E-state index contributed by atoms with van der Waals surface area (Å²) in [6, 6.07) is 11.1. The fraction of sp³-hybridized carbons (Fsp3) is 0.481. The number of fused-ring (bicyclic) bond motifs is 2. The van der Waals surface area contributed by atoms with Gasteiger partial charge in [-0.25, -0.2) is 0 Å². The molecule has 2 aromatic carbocycles. The lowest BCUT2D eigenvalue weighted by Gasteiger charge is -2.36. The van der Waals surface area contributed by atoms with Gasteiger partial charge in [0.15, 0.2) is 11.5 Å². The van der Waals surface area contributed by atoms with Crippen LogP contribution in [0.5, 0.6) is 11.5 Å². The van der Waals surface area contributed by atoms with Crippen LogP contribution in [-0.2, 0) is 16.6 Å². The molecule has 5 rings (SSSR count). The quantitative estimate of drug-likeness (QED) is 0.548. The van der Waals surface area contributed by atoms with Gasteiger partial charge in [0.1, 0.15) is 0 Å². The Hall–Kier alpha value is -3.16. The molecular weight excluding hydrogens is 452 g/mol. The minimum Gasteiger partial charge on any atom is -0.395 e. The Balaban J connectivity index is 1.34. The van der Waals surface area contributed by atoms with E-state index >= 15 is 0 Å². The largest absolute Gasteiger partial charge is 0.586 e. The zero-order valence-corrected chi connectivity index (χ0v) is 20.5. The molecule has 1 unspecified atom stereocenters. The summed E-state index contributed by atoms with van der Waals surface area (Å²) in [4.78, 5) is 19.9. The highest BCUT2D eigenvalue weighted by atomic mass is 19.3. The molecule has 0 bridgehead atoms. The van der Waals surface area contributed by atoms with Crippen LogP contribution in [-0.4, -0.2) is 38.1 Å². The molecular formula is C27H31F2N3O3. The molecule has 1 fully saturated rings. The Bertz CT molecular complexity index is 1180. The number of hydrogen-bond donors (Lipinski definition) is 1. The number of anilines is 2. The molecule has 1 saturated carbocycles. The van der Waals surface area contributed by atoms with E-state index < -0.39 is 11.7 Å². The molecule has 3 aliphatic rings. The van der Waals surface area contributed by atoms with Crippen LogP contribution in [0.25, 0.3) is 0 Å². The topological polar surface area (TPSA) is 63.2 Å². The molecule has 1 N–H and O–H groups in total. The molecule has 2 heterocycles. The maximum Gasteiger partial charge on any atom is 0.586 e. The van der Waals surface area contributed by atoms with Gasteiger partial charge >= 0.3 is 6.29 Å². The lowest BCUT2D eigenvalue weighted by Crippen LogP contribution is -2.42. The second-order valence-electron chi connectivity index (χ2n) is 10.7. The fourth-order valence-corrected chi connectivity index (χ4v) is 5.24. The number of hydrogen-bond acceptors (Lipinski definition) is 5. The third kappa shape index (κ3) is 4.34. The van der Waals surface area contributed by atoms with Gasteiger partial charge < -0.3 is 24.7 Å². The third-order valence-corrected chi connectivity index (χ3v) is 7.26. The summed E-state index contributed by atoms with van der Waals surface area (Å²) in [6.07, 6.45) is 1.36. The van der Waals surface area contributed by atoms with E-state index in [-0.39, 0.29) is 22.8 Å². The Labute approximate surface area is 204 Å². The van der Waals surface area contributed by atoms with Crippen LogP contribution in [0.15, 0.2) is 41.4 Å². The standard InChI is InChI=1S/C27H31F2N3O3/c1-25(2,3)23-15-17-14-19(7-8-20(17)32(23)13-5-12-30-4)31-24(33)26(10-11-26)18-6-9-21-22(16-18)35-27(28,29)34-21/h6-9,12,14,16,23H,5,10-11,13,15H2,1-4H3,(H,31,33)/b30-12+. The van der Waals surface area contributed by atoms with Crippen molar-refractivity contribution in [3.05, 3.63) is 47.5 Å². The van der Waals surface area contributed by atoms with Crippen molar-refractivity contribution in [3.8, 4) is 11.5 Å². The minimum absolute atomic E-state index is 0.0169. The first kappa shape index (κ1) is 23.6. The molecule has 1 amide bonds. The number of amides is 1. The Morgan fingerprint density at radius 1 is 1.17 bits per heavy atom. The summed E-state index contributed by atoms with van der Waals surface area (Å²) in [5, 5.41) is 3.08. The predicted molar refractivity (Wildman–Crippen MR) is 132 cm³/mol. The second-order valence-corrected chi connectivity index (χ2v) is 10.7. The monoisotopic (exact) mass is 483 g/mol. The van der Waals surface area contributed by atoms with Crippen LogP contribution >= 0.6 is 0 Å². The molecule has 0 spiro atoms. The maximum absolute atomic E-state index is 13.4. The van der Waals surface area contributed by atoms with Gasteiger partial charge in [0.05, 0.1) is 5.41 Å². The molecule has 186 valence electrons. The van der Waals surface area contributed by atoms with E-state index in [2.05, 4.69) is 57.6 Å². The van der Waals surface area contributed by atoms with Crippen molar-refractivity contribution in [1.82, 2.24) is 0 Å². The van der Waals surface area contributed by atoms with Crippen molar-refractivity contribution in [3.63, 3.8) is 0 Å². The highest BCUT2D eigenvalue weighted by Crippen LogP contribution is 2.52. The number of ether oxygens (including phenoxy) is 2. The van der Waals surface area contributed by atoms with E-state index in [4.69, 9.17) is 0 Å². The van der Waals surface area contributed by atoms with Crippen LogP contribution < -0.4 is 19.7 Å². The van der Waals surface area contributed by atoms with Crippen molar-refractivity contribution < 1.29 is 23.0 Å². The Morgan fingerprint density at radius 3 is 2.60 bits per heavy atom.